The van der Waals surface area contributed by atoms with Crippen LogP contribution in [0.3, 0.4) is 0 Å². The van der Waals surface area contributed by atoms with Crippen molar-refractivity contribution in [2.24, 2.45) is 7.05 Å². The number of aromatic nitrogens is 2. The first-order valence-corrected chi connectivity index (χ1v) is 6.22. The Kier molecular flexibility index (Phi) is 4.06. The van der Waals surface area contributed by atoms with Gasteiger partial charge < -0.3 is 10.6 Å². The van der Waals surface area contributed by atoms with Crippen molar-refractivity contribution in [1.82, 2.24) is 15.1 Å². The highest BCUT2D eigenvalue weighted by Gasteiger charge is 2.11. The minimum absolute atomic E-state index is 0.183. The highest BCUT2D eigenvalue weighted by atomic mass is 35.5. The lowest BCUT2D eigenvalue weighted by Crippen LogP contribution is -2.24. The molecule has 2 rings (SSSR count). The van der Waals surface area contributed by atoms with Gasteiger partial charge in [-0.15, -0.1) is 0 Å². The number of halogens is 1. The van der Waals surface area contributed by atoms with Crippen molar-refractivity contribution in [3.63, 3.8) is 0 Å². The summed E-state index contributed by atoms with van der Waals surface area (Å²) in [6.45, 7) is 0.384. The van der Waals surface area contributed by atoms with Gasteiger partial charge >= 0.3 is 0 Å². The highest BCUT2D eigenvalue weighted by molar-refractivity contribution is 6.31. The zero-order valence-electron chi connectivity index (χ0n) is 10.8. The molecule has 19 heavy (non-hydrogen) atoms. The van der Waals surface area contributed by atoms with E-state index >= 15 is 0 Å². The minimum atomic E-state index is -0.183. The molecule has 1 amide bonds. The maximum Gasteiger partial charge on any atom is 0.253 e. The van der Waals surface area contributed by atoms with Gasteiger partial charge in [0.05, 0.1) is 17.8 Å². The number of nitrogens with zero attached hydrogens (tertiary/aromatic N) is 2. The average Bonchev–Trinajstić information content (AvgIpc) is 2.81. The van der Waals surface area contributed by atoms with E-state index in [4.69, 9.17) is 11.6 Å². The predicted molar refractivity (Wildman–Crippen MR) is 75.4 cm³/mol. The number of hydrogen-bond acceptors (Lipinski definition) is 3. The van der Waals surface area contributed by atoms with Crippen molar-refractivity contribution in [2.45, 2.75) is 6.54 Å². The quantitative estimate of drug-likeness (QED) is 0.900. The summed E-state index contributed by atoms with van der Waals surface area (Å²) in [6.07, 6.45) is 1.83. The van der Waals surface area contributed by atoms with Crippen LogP contribution in [0.2, 0.25) is 5.02 Å². The fraction of sp³-hybridized carbons (Fsp3) is 0.231. The van der Waals surface area contributed by atoms with E-state index in [0.717, 1.165) is 11.4 Å². The fourth-order valence-electron chi connectivity index (χ4n) is 1.75. The Bertz CT molecular complexity index is 594. The summed E-state index contributed by atoms with van der Waals surface area (Å²) >= 11 is 5.91. The molecule has 2 aromatic rings. The van der Waals surface area contributed by atoms with E-state index in [0.29, 0.717) is 17.1 Å². The number of aryl methyl sites for hydroxylation is 1. The molecule has 0 radical (unpaired) electrons. The summed E-state index contributed by atoms with van der Waals surface area (Å²) in [7, 11) is 3.60. The summed E-state index contributed by atoms with van der Waals surface area (Å²) in [5.74, 6) is -0.183. The largest absolute Gasteiger partial charge is 0.387 e. The number of hydrogen-bond donors (Lipinski definition) is 2. The number of anilines is 1. The van der Waals surface area contributed by atoms with E-state index in [1.165, 1.54) is 0 Å². The van der Waals surface area contributed by atoms with E-state index in [-0.39, 0.29) is 5.91 Å². The van der Waals surface area contributed by atoms with E-state index in [9.17, 15) is 4.79 Å². The van der Waals surface area contributed by atoms with Crippen LogP contribution in [-0.2, 0) is 13.6 Å². The Morgan fingerprint density at radius 1 is 1.42 bits per heavy atom. The van der Waals surface area contributed by atoms with Crippen molar-refractivity contribution in [1.29, 1.82) is 0 Å². The number of carbonyl (C=O) groups excluding carboxylic acids is 1. The van der Waals surface area contributed by atoms with Gasteiger partial charge in [0.1, 0.15) is 0 Å². The first-order valence-electron chi connectivity index (χ1n) is 5.84. The lowest BCUT2D eigenvalue weighted by Gasteiger charge is -2.09. The van der Waals surface area contributed by atoms with Crippen molar-refractivity contribution >= 4 is 23.2 Å². The second-order valence-corrected chi connectivity index (χ2v) is 4.54. The molecule has 0 aliphatic rings. The van der Waals surface area contributed by atoms with Crippen LogP contribution in [0.1, 0.15) is 16.1 Å². The fourth-order valence-corrected chi connectivity index (χ4v) is 1.92. The van der Waals surface area contributed by atoms with E-state index in [1.807, 2.05) is 19.3 Å². The summed E-state index contributed by atoms with van der Waals surface area (Å²) in [6, 6.07) is 7.01. The first kappa shape index (κ1) is 13.4. The second-order valence-electron chi connectivity index (χ2n) is 4.10. The molecule has 0 unspecified atom stereocenters. The average molecular weight is 279 g/mol. The summed E-state index contributed by atoms with van der Waals surface area (Å²) < 4.78 is 1.69. The van der Waals surface area contributed by atoms with Crippen molar-refractivity contribution in [3.8, 4) is 0 Å². The molecule has 5 nitrogen and oxygen atoms in total. The lowest BCUT2D eigenvalue weighted by atomic mass is 10.1. The third-order valence-electron chi connectivity index (χ3n) is 2.69. The van der Waals surface area contributed by atoms with Gasteiger partial charge in [0.25, 0.3) is 5.91 Å². The molecule has 0 spiro atoms. The predicted octanol–water partition coefficient (Wildman–Crippen LogP) is 2.05. The normalized spacial score (nSPS) is 10.3. The molecule has 0 aliphatic heterocycles. The molecule has 0 saturated heterocycles. The topological polar surface area (TPSA) is 59.0 Å². The van der Waals surface area contributed by atoms with Gasteiger partial charge in [-0.25, -0.2) is 0 Å². The summed E-state index contributed by atoms with van der Waals surface area (Å²) in [4.78, 5) is 12.1. The number of nitrogens with one attached hydrogen (secondary N) is 2. The van der Waals surface area contributed by atoms with E-state index < -0.39 is 0 Å². The van der Waals surface area contributed by atoms with Crippen LogP contribution in [0.15, 0.2) is 30.5 Å². The van der Waals surface area contributed by atoms with Crippen LogP contribution >= 0.6 is 11.6 Å². The van der Waals surface area contributed by atoms with Crippen molar-refractivity contribution in [2.75, 3.05) is 12.4 Å². The van der Waals surface area contributed by atoms with Crippen molar-refractivity contribution in [3.05, 3.63) is 46.7 Å². The molecule has 0 aliphatic carbocycles. The molecule has 1 heterocycles. The molecule has 2 N–H and O–H groups in total. The Labute approximate surface area is 116 Å². The molecule has 1 aromatic carbocycles. The zero-order valence-corrected chi connectivity index (χ0v) is 11.5. The van der Waals surface area contributed by atoms with Crippen LogP contribution in [0.4, 0.5) is 5.69 Å². The molecule has 1 aromatic heterocycles. The molecule has 0 atom stereocenters. The monoisotopic (exact) mass is 278 g/mol. The Morgan fingerprint density at radius 3 is 2.84 bits per heavy atom. The van der Waals surface area contributed by atoms with Crippen LogP contribution in [0.25, 0.3) is 0 Å². The van der Waals surface area contributed by atoms with Gasteiger partial charge in [-0.05, 0) is 24.3 Å². The Hall–Kier alpha value is -2.01. The highest BCUT2D eigenvalue weighted by Crippen LogP contribution is 2.20. The van der Waals surface area contributed by atoms with Gasteiger partial charge in [0, 0.05) is 31.0 Å². The third-order valence-corrected chi connectivity index (χ3v) is 2.93. The Balaban J connectivity index is 2.09. The van der Waals surface area contributed by atoms with Crippen molar-refractivity contribution < 1.29 is 4.79 Å². The second kappa shape index (κ2) is 5.75. The van der Waals surface area contributed by atoms with Gasteiger partial charge in [-0.1, -0.05) is 11.6 Å². The zero-order chi connectivity index (χ0) is 13.8. The SMILES string of the molecule is CNc1ccc(Cl)cc1C(=O)NCc1ccn(C)n1. The number of benzene rings is 1. The third kappa shape index (κ3) is 3.26. The van der Waals surface area contributed by atoms with Gasteiger partial charge in [0.2, 0.25) is 0 Å². The number of rotatable bonds is 4. The maximum absolute atomic E-state index is 12.1. The lowest BCUT2D eigenvalue weighted by molar-refractivity contribution is 0.0951. The first-order chi connectivity index (χ1) is 9.10. The molecular formula is C13H15ClN4O. The maximum atomic E-state index is 12.1. The van der Waals surface area contributed by atoms with Gasteiger partial charge in [-0.2, -0.15) is 5.10 Å². The van der Waals surface area contributed by atoms with Crippen LogP contribution in [-0.4, -0.2) is 22.7 Å². The summed E-state index contributed by atoms with van der Waals surface area (Å²) in [5.41, 5.74) is 2.07. The molecule has 0 fully saturated rings. The molecule has 0 bridgehead atoms. The van der Waals surface area contributed by atoms with E-state index in [2.05, 4.69) is 15.7 Å². The van der Waals surface area contributed by atoms with Crippen LogP contribution in [0.5, 0.6) is 0 Å². The molecule has 100 valence electrons. The van der Waals surface area contributed by atoms with Gasteiger partial charge in [-0.3, -0.25) is 9.48 Å². The minimum Gasteiger partial charge on any atom is -0.387 e. The molecule has 0 saturated carbocycles. The summed E-state index contributed by atoms with van der Waals surface area (Å²) in [5, 5.41) is 10.5. The number of amides is 1. The van der Waals surface area contributed by atoms with Gasteiger partial charge in [0.15, 0.2) is 0 Å². The van der Waals surface area contributed by atoms with Crippen LogP contribution < -0.4 is 10.6 Å². The van der Waals surface area contributed by atoms with Crippen LogP contribution in [0, 0.1) is 0 Å². The molecule has 6 heteroatoms. The van der Waals surface area contributed by atoms with E-state index in [1.54, 1.807) is 29.9 Å². The Morgan fingerprint density at radius 2 is 2.21 bits per heavy atom. The molecular weight excluding hydrogens is 264 g/mol. The number of carbonyl (C=O) groups is 1. The standard InChI is InChI=1S/C13H15ClN4O/c1-15-12-4-3-9(14)7-11(12)13(19)16-8-10-5-6-18(2)17-10/h3-7,15H,8H2,1-2H3,(H,16,19). The smallest absolute Gasteiger partial charge is 0.253 e.